The molecule has 0 bridgehead atoms. The summed E-state index contributed by atoms with van der Waals surface area (Å²) in [5.74, 6) is -0.463. The first-order valence-corrected chi connectivity index (χ1v) is 11.1. The number of fused-ring (bicyclic) bond motifs is 1. The van der Waals surface area contributed by atoms with E-state index in [2.05, 4.69) is 25.8 Å². The van der Waals surface area contributed by atoms with Crippen LogP contribution in [0.4, 0.5) is 30.2 Å². The lowest BCUT2D eigenvalue weighted by atomic mass is 10.1. The SMILES string of the molecule is O=C(Nc1cccc(Nc2cc(C(F)(F)F)nc3ccccc23)c1)c1cc(-c2ccccc2Cl)[nH]n1. The molecular formula is C26H17ClF3N5O. The predicted molar refractivity (Wildman–Crippen MR) is 133 cm³/mol. The van der Waals surface area contributed by atoms with Crippen LogP contribution in [0.15, 0.2) is 84.9 Å². The number of hydrogen-bond donors (Lipinski definition) is 3. The van der Waals surface area contributed by atoms with Crippen molar-refractivity contribution < 1.29 is 18.0 Å². The second-order valence-corrected chi connectivity index (χ2v) is 8.28. The summed E-state index contributed by atoms with van der Waals surface area (Å²) < 4.78 is 40.1. The van der Waals surface area contributed by atoms with E-state index in [0.29, 0.717) is 33.0 Å². The minimum atomic E-state index is -4.59. The Morgan fingerprint density at radius 1 is 0.889 bits per heavy atom. The normalized spacial score (nSPS) is 11.4. The number of nitrogens with one attached hydrogen (secondary N) is 3. The van der Waals surface area contributed by atoms with E-state index in [1.807, 2.05) is 6.07 Å². The van der Waals surface area contributed by atoms with Gasteiger partial charge in [-0.1, -0.05) is 54.1 Å². The minimum Gasteiger partial charge on any atom is -0.355 e. The van der Waals surface area contributed by atoms with Gasteiger partial charge in [0.25, 0.3) is 5.91 Å². The molecule has 0 atom stereocenters. The van der Waals surface area contributed by atoms with Crippen molar-refractivity contribution in [3.8, 4) is 11.3 Å². The Morgan fingerprint density at radius 2 is 1.64 bits per heavy atom. The zero-order chi connectivity index (χ0) is 25.3. The number of H-pyrrole nitrogens is 1. The smallest absolute Gasteiger partial charge is 0.355 e. The summed E-state index contributed by atoms with van der Waals surface area (Å²) in [5.41, 5.74) is 1.82. The molecule has 6 nitrogen and oxygen atoms in total. The monoisotopic (exact) mass is 507 g/mol. The predicted octanol–water partition coefficient (Wildman–Crippen LogP) is 7.29. The van der Waals surface area contributed by atoms with Gasteiger partial charge in [-0.25, -0.2) is 4.98 Å². The molecule has 0 unspecified atom stereocenters. The van der Waals surface area contributed by atoms with Gasteiger partial charge in [0.15, 0.2) is 5.69 Å². The number of aromatic amines is 1. The Bertz CT molecular complexity index is 1580. The fraction of sp³-hybridized carbons (Fsp3) is 0.0385. The van der Waals surface area contributed by atoms with E-state index in [0.717, 1.165) is 6.07 Å². The van der Waals surface area contributed by atoms with Crippen LogP contribution in [0.1, 0.15) is 16.2 Å². The Labute approximate surface area is 208 Å². The lowest BCUT2D eigenvalue weighted by Crippen LogP contribution is -2.12. The van der Waals surface area contributed by atoms with Gasteiger partial charge in [0.2, 0.25) is 0 Å². The van der Waals surface area contributed by atoms with Crippen molar-refractivity contribution in [2.45, 2.75) is 6.18 Å². The van der Waals surface area contributed by atoms with Crippen molar-refractivity contribution in [1.29, 1.82) is 0 Å². The Kier molecular flexibility index (Phi) is 6.07. The second-order valence-electron chi connectivity index (χ2n) is 7.88. The molecule has 0 saturated heterocycles. The molecule has 0 radical (unpaired) electrons. The fourth-order valence-corrected chi connectivity index (χ4v) is 3.94. The van der Waals surface area contributed by atoms with Crippen LogP contribution in [0, 0.1) is 0 Å². The quantitative estimate of drug-likeness (QED) is 0.233. The number of hydrogen-bond acceptors (Lipinski definition) is 4. The first kappa shape index (κ1) is 23.4. The van der Waals surface area contributed by atoms with Gasteiger partial charge in [-0.2, -0.15) is 18.3 Å². The summed E-state index contributed by atoms with van der Waals surface area (Å²) in [6.45, 7) is 0. The lowest BCUT2D eigenvalue weighted by molar-refractivity contribution is -0.140. The number of amides is 1. The number of carbonyl (C=O) groups is 1. The van der Waals surface area contributed by atoms with Crippen molar-refractivity contribution in [3.63, 3.8) is 0 Å². The van der Waals surface area contributed by atoms with Gasteiger partial charge in [-0.3, -0.25) is 9.89 Å². The fourth-order valence-electron chi connectivity index (χ4n) is 3.71. The van der Waals surface area contributed by atoms with Crippen molar-refractivity contribution in [1.82, 2.24) is 15.2 Å². The van der Waals surface area contributed by atoms with E-state index >= 15 is 0 Å². The number of anilines is 3. The van der Waals surface area contributed by atoms with Crippen molar-refractivity contribution in [2.75, 3.05) is 10.6 Å². The molecule has 36 heavy (non-hydrogen) atoms. The van der Waals surface area contributed by atoms with E-state index in [1.54, 1.807) is 66.7 Å². The molecule has 0 aliphatic rings. The van der Waals surface area contributed by atoms with Crippen LogP contribution >= 0.6 is 11.6 Å². The molecule has 0 fully saturated rings. The number of benzene rings is 3. The standard InChI is InChI=1S/C26H17ClF3N5O/c27-19-10-3-1-8-17(19)22-13-23(35-34-22)25(36)32-16-7-5-6-15(12-16)31-21-14-24(26(28,29)30)33-20-11-4-2-9-18(20)21/h1-14H,(H,31,33)(H,32,36)(H,34,35). The summed E-state index contributed by atoms with van der Waals surface area (Å²) in [5, 5.41) is 13.7. The molecule has 3 N–H and O–H groups in total. The number of alkyl halides is 3. The highest BCUT2D eigenvalue weighted by Gasteiger charge is 2.33. The number of halogens is 4. The maximum absolute atomic E-state index is 13.4. The number of carbonyl (C=O) groups excluding carboxylic acids is 1. The van der Waals surface area contributed by atoms with Crippen LogP contribution in [0.5, 0.6) is 0 Å². The van der Waals surface area contributed by atoms with Crippen LogP contribution in [0.3, 0.4) is 0 Å². The molecule has 2 heterocycles. The molecule has 3 aromatic carbocycles. The van der Waals surface area contributed by atoms with Crippen LogP contribution in [0.25, 0.3) is 22.2 Å². The Morgan fingerprint density at radius 3 is 2.44 bits per heavy atom. The van der Waals surface area contributed by atoms with E-state index in [9.17, 15) is 18.0 Å². The molecule has 0 saturated carbocycles. The summed E-state index contributed by atoms with van der Waals surface area (Å²) in [6, 6.07) is 22.9. The largest absolute Gasteiger partial charge is 0.433 e. The van der Waals surface area contributed by atoms with Gasteiger partial charge in [0.05, 0.1) is 16.9 Å². The van der Waals surface area contributed by atoms with E-state index in [1.165, 1.54) is 6.07 Å². The molecule has 5 rings (SSSR count). The summed E-state index contributed by atoms with van der Waals surface area (Å²) in [4.78, 5) is 16.5. The van der Waals surface area contributed by atoms with Gasteiger partial charge < -0.3 is 10.6 Å². The zero-order valence-electron chi connectivity index (χ0n) is 18.4. The van der Waals surface area contributed by atoms with Crippen molar-refractivity contribution in [3.05, 3.63) is 101 Å². The number of nitrogens with zero attached hydrogens (tertiary/aromatic N) is 2. The van der Waals surface area contributed by atoms with Gasteiger partial charge in [-0.15, -0.1) is 0 Å². The second kappa shape index (κ2) is 9.35. The van der Waals surface area contributed by atoms with Gasteiger partial charge in [0, 0.05) is 27.3 Å². The zero-order valence-corrected chi connectivity index (χ0v) is 19.2. The number of rotatable bonds is 5. The molecular weight excluding hydrogens is 491 g/mol. The first-order chi connectivity index (χ1) is 17.3. The molecule has 5 aromatic rings. The molecule has 10 heteroatoms. The third-order valence-electron chi connectivity index (χ3n) is 5.38. The van der Waals surface area contributed by atoms with Crippen LogP contribution in [-0.2, 0) is 6.18 Å². The lowest BCUT2D eigenvalue weighted by Gasteiger charge is -2.14. The summed E-state index contributed by atoms with van der Waals surface area (Å²) >= 11 is 6.21. The maximum atomic E-state index is 13.4. The molecule has 180 valence electrons. The van der Waals surface area contributed by atoms with Crippen LogP contribution < -0.4 is 10.6 Å². The topological polar surface area (TPSA) is 82.7 Å². The average Bonchev–Trinajstić information content (AvgIpc) is 3.34. The van der Waals surface area contributed by atoms with Gasteiger partial charge in [0.1, 0.15) is 5.69 Å². The van der Waals surface area contributed by atoms with Gasteiger partial charge >= 0.3 is 6.18 Å². The Balaban J connectivity index is 1.38. The van der Waals surface area contributed by atoms with E-state index < -0.39 is 17.8 Å². The van der Waals surface area contributed by atoms with Crippen molar-refractivity contribution >= 4 is 45.5 Å². The third kappa shape index (κ3) is 4.87. The van der Waals surface area contributed by atoms with Crippen LogP contribution in [-0.4, -0.2) is 21.1 Å². The first-order valence-electron chi connectivity index (χ1n) is 10.7. The maximum Gasteiger partial charge on any atom is 0.433 e. The third-order valence-corrected chi connectivity index (χ3v) is 5.71. The highest BCUT2D eigenvalue weighted by molar-refractivity contribution is 6.33. The molecule has 0 aliphatic heterocycles. The summed E-state index contributed by atoms with van der Waals surface area (Å²) in [6.07, 6.45) is -4.59. The summed E-state index contributed by atoms with van der Waals surface area (Å²) in [7, 11) is 0. The van der Waals surface area contributed by atoms with Crippen molar-refractivity contribution in [2.24, 2.45) is 0 Å². The molecule has 0 aliphatic carbocycles. The molecule has 0 spiro atoms. The van der Waals surface area contributed by atoms with E-state index in [-0.39, 0.29) is 16.9 Å². The van der Waals surface area contributed by atoms with E-state index in [4.69, 9.17) is 11.6 Å². The number of pyridine rings is 1. The number of aromatic nitrogens is 3. The molecule has 1 amide bonds. The Hall–Kier alpha value is -4.37. The highest BCUT2D eigenvalue weighted by Crippen LogP contribution is 2.34. The highest BCUT2D eigenvalue weighted by atomic mass is 35.5. The van der Waals surface area contributed by atoms with Gasteiger partial charge in [-0.05, 0) is 42.5 Å². The van der Waals surface area contributed by atoms with Crippen LogP contribution in [0.2, 0.25) is 5.02 Å². The average molecular weight is 508 g/mol. The molecule has 2 aromatic heterocycles. The number of para-hydroxylation sites is 1. The minimum absolute atomic E-state index is 0.151.